The van der Waals surface area contributed by atoms with Crippen LogP contribution < -0.4 is 4.74 Å². The summed E-state index contributed by atoms with van der Waals surface area (Å²) in [6.45, 7) is 8.12. The van der Waals surface area contributed by atoms with Crippen molar-refractivity contribution in [2.45, 2.75) is 33.1 Å². The van der Waals surface area contributed by atoms with E-state index in [1.54, 1.807) is 26.0 Å². The molecular formula is C25H33ClN4O4. The first-order chi connectivity index (χ1) is 16.3. The first-order valence-electron chi connectivity index (χ1n) is 11.8. The van der Waals surface area contributed by atoms with E-state index in [4.69, 9.17) is 20.9 Å². The first kappa shape index (κ1) is 24.5. The van der Waals surface area contributed by atoms with Gasteiger partial charge in [-0.1, -0.05) is 22.8 Å². The second-order valence-electron chi connectivity index (χ2n) is 9.64. The summed E-state index contributed by atoms with van der Waals surface area (Å²) in [5.74, 6) is 1.19. The highest BCUT2D eigenvalue weighted by Gasteiger charge is 2.42. The number of piperidine rings is 1. The summed E-state index contributed by atoms with van der Waals surface area (Å²) < 4.78 is 11.4. The molecule has 4 rings (SSSR count). The van der Waals surface area contributed by atoms with Crippen LogP contribution in [0.4, 0.5) is 0 Å². The maximum atomic E-state index is 13.4. The first-order valence-corrected chi connectivity index (χ1v) is 12.2. The molecule has 0 spiro atoms. The van der Waals surface area contributed by atoms with E-state index >= 15 is 0 Å². The Bertz CT molecular complexity index is 1010. The van der Waals surface area contributed by atoms with Crippen molar-refractivity contribution in [1.29, 1.82) is 0 Å². The third-order valence-corrected chi connectivity index (χ3v) is 7.15. The van der Waals surface area contributed by atoms with E-state index in [1.165, 1.54) is 0 Å². The summed E-state index contributed by atoms with van der Waals surface area (Å²) in [6, 6.07) is 7.27. The topological polar surface area (TPSA) is 79.1 Å². The molecule has 1 atom stereocenters. The van der Waals surface area contributed by atoms with Crippen molar-refractivity contribution in [2.75, 3.05) is 52.9 Å². The number of amides is 2. The third kappa shape index (κ3) is 5.55. The molecule has 34 heavy (non-hydrogen) atoms. The van der Waals surface area contributed by atoms with Crippen LogP contribution in [0, 0.1) is 19.3 Å². The minimum Gasteiger partial charge on any atom is -0.493 e. The minimum absolute atomic E-state index is 0.102. The fourth-order valence-corrected chi connectivity index (χ4v) is 5.10. The molecular weight excluding hydrogens is 456 g/mol. The molecule has 2 aliphatic heterocycles. The Balaban J connectivity index is 1.54. The van der Waals surface area contributed by atoms with Crippen LogP contribution in [0.3, 0.4) is 0 Å². The Kier molecular flexibility index (Phi) is 7.48. The van der Waals surface area contributed by atoms with Crippen LogP contribution in [-0.4, -0.2) is 84.6 Å². The van der Waals surface area contributed by atoms with E-state index in [-0.39, 0.29) is 11.8 Å². The molecule has 0 unspecified atom stereocenters. The van der Waals surface area contributed by atoms with Gasteiger partial charge in [0.05, 0.1) is 12.3 Å². The van der Waals surface area contributed by atoms with Crippen molar-refractivity contribution in [3.8, 4) is 5.75 Å². The van der Waals surface area contributed by atoms with Crippen molar-refractivity contribution in [3.05, 3.63) is 46.3 Å². The number of ether oxygens (including phenoxy) is 1. The molecule has 2 fully saturated rings. The fourth-order valence-electron chi connectivity index (χ4n) is 4.92. The molecule has 184 valence electrons. The number of hydrogen-bond acceptors (Lipinski definition) is 6. The standard InChI is InChI=1S/C25H33ClN4O4/c1-18-23(19(2)34-27-18)24(32)30-9-5-8-25(16-30,17-33-21-7-4-6-20(26)14-21)15-22(31)29-12-10-28(3)11-13-29/h4,6-7,14H,5,8-13,15-17H2,1-3H3/t25-/m1/s1. The summed E-state index contributed by atoms with van der Waals surface area (Å²) in [5, 5.41) is 4.54. The Morgan fingerprint density at radius 1 is 1.15 bits per heavy atom. The fraction of sp³-hybridized carbons (Fsp3) is 0.560. The summed E-state index contributed by atoms with van der Waals surface area (Å²) in [4.78, 5) is 32.8. The van der Waals surface area contributed by atoms with E-state index in [0.717, 1.165) is 39.0 Å². The average molecular weight is 489 g/mol. The lowest BCUT2D eigenvalue weighted by atomic mass is 9.77. The van der Waals surface area contributed by atoms with E-state index in [0.29, 0.717) is 53.9 Å². The van der Waals surface area contributed by atoms with Crippen molar-refractivity contribution in [1.82, 2.24) is 19.9 Å². The molecule has 2 aromatic rings. The number of rotatable bonds is 6. The second kappa shape index (κ2) is 10.4. The van der Waals surface area contributed by atoms with Gasteiger partial charge in [-0.15, -0.1) is 0 Å². The van der Waals surface area contributed by atoms with Crippen molar-refractivity contribution < 1.29 is 18.8 Å². The van der Waals surface area contributed by atoms with Gasteiger partial charge < -0.3 is 24.0 Å². The predicted molar refractivity (Wildman–Crippen MR) is 129 cm³/mol. The van der Waals surface area contributed by atoms with Gasteiger partial charge >= 0.3 is 0 Å². The molecule has 0 aliphatic carbocycles. The Labute approximate surface area is 205 Å². The molecule has 0 saturated carbocycles. The number of aryl methyl sites for hydroxylation is 2. The number of likely N-dealkylation sites (tertiary alicyclic amines) is 1. The van der Waals surface area contributed by atoms with Gasteiger partial charge in [0.2, 0.25) is 5.91 Å². The number of halogens is 1. The van der Waals surface area contributed by atoms with Gasteiger partial charge in [-0.05, 0) is 51.9 Å². The van der Waals surface area contributed by atoms with Crippen LogP contribution in [0.1, 0.15) is 41.1 Å². The number of carbonyl (C=O) groups excluding carboxylic acids is 2. The Hall–Kier alpha value is -2.58. The maximum absolute atomic E-state index is 13.4. The SMILES string of the molecule is Cc1noc(C)c1C(=O)N1CCC[C@@](COc2cccc(Cl)c2)(CC(=O)N2CCN(C)CC2)C1. The van der Waals surface area contributed by atoms with E-state index in [1.807, 2.05) is 21.9 Å². The number of nitrogens with zero attached hydrogens (tertiary/aromatic N) is 4. The average Bonchev–Trinajstić information content (AvgIpc) is 3.15. The number of hydrogen-bond donors (Lipinski definition) is 0. The van der Waals surface area contributed by atoms with Gasteiger partial charge in [0.25, 0.3) is 5.91 Å². The molecule has 0 radical (unpaired) electrons. The molecule has 2 saturated heterocycles. The lowest BCUT2D eigenvalue weighted by Crippen LogP contribution is -2.53. The second-order valence-corrected chi connectivity index (χ2v) is 10.1. The van der Waals surface area contributed by atoms with Crippen molar-refractivity contribution in [3.63, 3.8) is 0 Å². The Morgan fingerprint density at radius 3 is 2.59 bits per heavy atom. The van der Waals surface area contributed by atoms with Crippen molar-refractivity contribution >= 4 is 23.4 Å². The van der Waals surface area contributed by atoms with Gasteiger partial charge in [-0.3, -0.25) is 9.59 Å². The quantitative estimate of drug-likeness (QED) is 0.620. The van der Waals surface area contributed by atoms with E-state index in [2.05, 4.69) is 17.1 Å². The summed E-state index contributed by atoms with van der Waals surface area (Å²) >= 11 is 6.14. The zero-order valence-electron chi connectivity index (χ0n) is 20.2. The number of benzene rings is 1. The van der Waals surface area contributed by atoms with Gasteiger partial charge in [-0.2, -0.15) is 0 Å². The zero-order chi connectivity index (χ0) is 24.3. The lowest BCUT2D eigenvalue weighted by Gasteiger charge is -2.43. The zero-order valence-corrected chi connectivity index (χ0v) is 20.9. The molecule has 2 aliphatic rings. The molecule has 0 N–H and O–H groups in total. The highest BCUT2D eigenvalue weighted by molar-refractivity contribution is 6.30. The minimum atomic E-state index is -0.490. The number of likely N-dealkylation sites (N-methyl/N-ethyl adjacent to an activating group) is 1. The smallest absolute Gasteiger partial charge is 0.259 e. The Morgan fingerprint density at radius 2 is 1.91 bits per heavy atom. The number of piperazine rings is 1. The van der Waals surface area contributed by atoms with E-state index < -0.39 is 5.41 Å². The van der Waals surface area contributed by atoms with Crippen LogP contribution >= 0.6 is 11.6 Å². The van der Waals surface area contributed by atoms with Gasteiger partial charge in [0.1, 0.15) is 17.1 Å². The highest BCUT2D eigenvalue weighted by atomic mass is 35.5. The monoisotopic (exact) mass is 488 g/mol. The van der Waals surface area contributed by atoms with Crippen LogP contribution in [0.5, 0.6) is 5.75 Å². The van der Waals surface area contributed by atoms with E-state index in [9.17, 15) is 9.59 Å². The number of aromatic nitrogens is 1. The predicted octanol–water partition coefficient (Wildman–Crippen LogP) is 3.41. The van der Waals surface area contributed by atoms with Gasteiger partial charge in [0, 0.05) is 56.1 Å². The van der Waals surface area contributed by atoms with Gasteiger partial charge in [0.15, 0.2) is 0 Å². The molecule has 3 heterocycles. The molecule has 1 aromatic carbocycles. The summed E-state index contributed by atoms with van der Waals surface area (Å²) in [5.41, 5.74) is 0.606. The van der Waals surface area contributed by atoms with Crippen LogP contribution in [-0.2, 0) is 4.79 Å². The summed E-state index contributed by atoms with van der Waals surface area (Å²) in [6.07, 6.45) is 1.94. The molecule has 9 heteroatoms. The lowest BCUT2D eigenvalue weighted by molar-refractivity contribution is -0.137. The maximum Gasteiger partial charge on any atom is 0.259 e. The van der Waals surface area contributed by atoms with Crippen LogP contribution in [0.15, 0.2) is 28.8 Å². The molecule has 8 nitrogen and oxygen atoms in total. The molecule has 1 aromatic heterocycles. The molecule has 0 bridgehead atoms. The summed E-state index contributed by atoms with van der Waals surface area (Å²) in [7, 11) is 2.07. The third-order valence-electron chi connectivity index (χ3n) is 6.92. The highest BCUT2D eigenvalue weighted by Crippen LogP contribution is 2.36. The van der Waals surface area contributed by atoms with Crippen LogP contribution in [0.2, 0.25) is 5.02 Å². The number of carbonyl (C=O) groups is 2. The van der Waals surface area contributed by atoms with Crippen molar-refractivity contribution in [2.24, 2.45) is 5.41 Å². The van der Waals surface area contributed by atoms with Gasteiger partial charge in [-0.25, -0.2) is 0 Å². The largest absolute Gasteiger partial charge is 0.493 e. The molecule has 2 amide bonds. The van der Waals surface area contributed by atoms with Crippen LogP contribution in [0.25, 0.3) is 0 Å². The normalized spacial score (nSPS) is 21.5.